The Balaban J connectivity index is 1.68. The molecule has 0 fully saturated rings. The monoisotopic (exact) mass is 530 g/mol. The molecule has 3 aromatic rings. The van der Waals surface area contributed by atoms with Crippen molar-refractivity contribution in [1.29, 1.82) is 0 Å². The first-order chi connectivity index (χ1) is 17.5. The first kappa shape index (κ1) is 28.0. The van der Waals surface area contributed by atoms with Crippen LogP contribution >= 0.6 is 0 Å². The van der Waals surface area contributed by atoms with E-state index in [-0.39, 0.29) is 5.41 Å². The van der Waals surface area contributed by atoms with Crippen LogP contribution in [0.25, 0.3) is 0 Å². The Morgan fingerprint density at radius 1 is 0.676 bits per heavy atom. The Morgan fingerprint density at radius 3 is 1.59 bits per heavy atom. The van der Waals surface area contributed by atoms with E-state index in [2.05, 4.69) is 113 Å². The summed E-state index contributed by atoms with van der Waals surface area (Å²) in [6.45, 7) is 20.2. The molecule has 0 saturated carbocycles. The second kappa shape index (κ2) is 11.4. The van der Waals surface area contributed by atoms with E-state index in [9.17, 15) is 0 Å². The Kier molecular flexibility index (Phi) is 8.64. The van der Waals surface area contributed by atoms with Crippen molar-refractivity contribution in [3.05, 3.63) is 94.5 Å². The van der Waals surface area contributed by atoms with E-state index in [4.69, 9.17) is 9.47 Å². The van der Waals surface area contributed by atoms with E-state index in [0.717, 1.165) is 32.5 Å². The molecule has 0 atom stereocenters. The second-order valence-corrected chi connectivity index (χ2v) is 23.1. The van der Waals surface area contributed by atoms with E-state index in [1.807, 2.05) is 0 Å². The fraction of sp³-hybridized carbons (Fsp3) is 0.455. The molecule has 3 aromatic carbocycles. The molecule has 1 aliphatic carbocycles. The van der Waals surface area contributed by atoms with Gasteiger partial charge in [0.1, 0.15) is 0 Å². The number of hydrogen-bond donors (Lipinski definition) is 0. The summed E-state index contributed by atoms with van der Waals surface area (Å²) in [7, 11) is -3.05. The topological polar surface area (TPSA) is 18.5 Å². The zero-order valence-electron chi connectivity index (χ0n) is 24.1. The molecule has 0 saturated heterocycles. The summed E-state index contributed by atoms with van der Waals surface area (Å²) in [4.78, 5) is 0. The van der Waals surface area contributed by atoms with Crippen LogP contribution in [0, 0.1) is 5.41 Å². The van der Waals surface area contributed by atoms with E-state index in [1.165, 1.54) is 11.1 Å². The first-order valence-electron chi connectivity index (χ1n) is 13.9. The van der Waals surface area contributed by atoms with Crippen molar-refractivity contribution in [3.8, 4) is 0 Å². The van der Waals surface area contributed by atoms with Crippen LogP contribution in [0.3, 0.4) is 0 Å². The molecule has 0 spiro atoms. The molecule has 0 aromatic heterocycles. The number of aryl methyl sites for hydroxylation is 1. The zero-order valence-corrected chi connectivity index (χ0v) is 26.1. The maximum absolute atomic E-state index is 6.49. The quantitative estimate of drug-likeness (QED) is 0.252. The smallest absolute Gasteiger partial charge is 0.0783 e. The van der Waals surface area contributed by atoms with Crippen LogP contribution in [0.4, 0.5) is 0 Å². The van der Waals surface area contributed by atoms with Gasteiger partial charge in [-0.2, -0.15) is 0 Å². The van der Waals surface area contributed by atoms with Crippen molar-refractivity contribution in [3.63, 3.8) is 0 Å². The Labute approximate surface area is 227 Å². The van der Waals surface area contributed by atoms with Crippen molar-refractivity contribution >= 4 is 26.5 Å². The largest absolute Gasteiger partial charge is 0.376 e. The SMILES string of the molecule is CCc1cc([Si](C)(C)C)c2c(c1[Si](C)(C)C)CC(COCc1ccccc1)(COCc1ccccc1)C2. The average Bonchev–Trinajstić information content (AvgIpc) is 3.21. The van der Waals surface area contributed by atoms with Gasteiger partial charge >= 0.3 is 0 Å². The van der Waals surface area contributed by atoms with Crippen LogP contribution in [0.15, 0.2) is 66.7 Å². The molecule has 4 heteroatoms. The maximum Gasteiger partial charge on any atom is 0.0783 e. The van der Waals surface area contributed by atoms with Crippen molar-refractivity contribution in [2.75, 3.05) is 13.2 Å². The first-order valence-corrected chi connectivity index (χ1v) is 20.9. The molecule has 1 aliphatic rings. The fourth-order valence-electron chi connectivity index (χ4n) is 6.10. The lowest BCUT2D eigenvalue weighted by Gasteiger charge is -2.30. The van der Waals surface area contributed by atoms with Gasteiger partial charge in [-0.25, -0.2) is 0 Å². The molecule has 0 bridgehead atoms. The Bertz CT molecular complexity index is 1130. The minimum atomic E-state index is -1.53. The minimum Gasteiger partial charge on any atom is -0.376 e. The van der Waals surface area contributed by atoms with Gasteiger partial charge in [-0.3, -0.25) is 0 Å². The van der Waals surface area contributed by atoms with Gasteiger partial charge in [0, 0.05) is 5.41 Å². The van der Waals surface area contributed by atoms with Gasteiger partial charge in [0.2, 0.25) is 0 Å². The summed E-state index contributed by atoms with van der Waals surface area (Å²) in [6.07, 6.45) is 3.25. The fourth-order valence-corrected chi connectivity index (χ4v) is 10.2. The van der Waals surface area contributed by atoms with Crippen molar-refractivity contribution < 1.29 is 9.47 Å². The third-order valence-electron chi connectivity index (χ3n) is 7.71. The third kappa shape index (κ3) is 6.72. The molecule has 0 unspecified atom stereocenters. The highest BCUT2D eigenvalue weighted by molar-refractivity contribution is 6.91. The molecular formula is C33H46O2Si2. The van der Waals surface area contributed by atoms with Crippen LogP contribution in [-0.2, 0) is 41.9 Å². The van der Waals surface area contributed by atoms with Gasteiger partial charge in [0.15, 0.2) is 0 Å². The summed E-state index contributed by atoms with van der Waals surface area (Å²) < 4.78 is 13.0. The van der Waals surface area contributed by atoms with E-state index >= 15 is 0 Å². The molecule has 198 valence electrons. The van der Waals surface area contributed by atoms with Crippen LogP contribution in [-0.4, -0.2) is 29.4 Å². The molecule has 0 radical (unpaired) electrons. The zero-order chi connectivity index (χ0) is 26.7. The van der Waals surface area contributed by atoms with Gasteiger partial charge in [-0.15, -0.1) is 0 Å². The molecule has 37 heavy (non-hydrogen) atoms. The predicted octanol–water partition coefficient (Wildman–Crippen LogP) is 6.86. The summed E-state index contributed by atoms with van der Waals surface area (Å²) in [6, 6.07) is 23.7. The van der Waals surface area contributed by atoms with Crippen LogP contribution in [0.1, 0.15) is 34.7 Å². The maximum atomic E-state index is 6.49. The number of hydrogen-bond acceptors (Lipinski definition) is 2. The van der Waals surface area contributed by atoms with Crippen molar-refractivity contribution in [2.24, 2.45) is 5.41 Å². The van der Waals surface area contributed by atoms with Crippen molar-refractivity contribution in [1.82, 2.24) is 0 Å². The molecule has 2 nitrogen and oxygen atoms in total. The van der Waals surface area contributed by atoms with Crippen molar-refractivity contribution in [2.45, 2.75) is 78.7 Å². The van der Waals surface area contributed by atoms with Crippen LogP contribution in [0.2, 0.25) is 39.3 Å². The van der Waals surface area contributed by atoms with E-state index in [1.54, 1.807) is 27.1 Å². The minimum absolute atomic E-state index is 0.0267. The lowest BCUT2D eigenvalue weighted by Crippen LogP contribution is -2.48. The van der Waals surface area contributed by atoms with Crippen LogP contribution < -0.4 is 10.4 Å². The number of fused-ring (bicyclic) bond motifs is 1. The van der Waals surface area contributed by atoms with Crippen LogP contribution in [0.5, 0.6) is 0 Å². The summed E-state index contributed by atoms with van der Waals surface area (Å²) in [5.41, 5.74) is 7.33. The number of rotatable bonds is 11. The standard InChI is InChI=1S/C33H46O2Si2/c1-8-28-19-31(36(2,3)4)29-20-33(21-30(29)32(28)37(5,6)7,24-34-22-26-15-11-9-12-16-26)25-35-23-27-17-13-10-14-18-27/h9-19H,8,20-25H2,1-7H3. The van der Waals surface area contributed by atoms with Gasteiger partial charge in [-0.05, 0) is 47.1 Å². The van der Waals surface area contributed by atoms with Gasteiger partial charge in [0.25, 0.3) is 0 Å². The van der Waals surface area contributed by atoms with Gasteiger partial charge in [0.05, 0.1) is 42.6 Å². The van der Waals surface area contributed by atoms with Gasteiger partial charge < -0.3 is 9.47 Å². The van der Waals surface area contributed by atoms with E-state index in [0.29, 0.717) is 13.2 Å². The van der Waals surface area contributed by atoms with Gasteiger partial charge in [-0.1, -0.05) is 123 Å². The molecular weight excluding hydrogens is 485 g/mol. The van der Waals surface area contributed by atoms with E-state index < -0.39 is 16.1 Å². The Morgan fingerprint density at radius 2 is 1.16 bits per heavy atom. The second-order valence-electron chi connectivity index (χ2n) is 13.1. The normalized spacial score (nSPS) is 15.1. The number of ether oxygens (including phenoxy) is 2. The summed E-state index contributed by atoms with van der Waals surface area (Å²) in [5.74, 6) is 0. The summed E-state index contributed by atoms with van der Waals surface area (Å²) in [5, 5.41) is 3.37. The predicted molar refractivity (Wildman–Crippen MR) is 164 cm³/mol. The molecule has 0 aliphatic heterocycles. The average molecular weight is 531 g/mol. The molecule has 0 N–H and O–H groups in total. The molecule has 4 rings (SSSR count). The summed E-state index contributed by atoms with van der Waals surface area (Å²) >= 11 is 0. The Hall–Kier alpha value is -1.99. The lowest BCUT2D eigenvalue weighted by atomic mass is 9.86. The highest BCUT2D eigenvalue weighted by Crippen LogP contribution is 2.39. The highest BCUT2D eigenvalue weighted by Gasteiger charge is 2.43. The third-order valence-corrected chi connectivity index (χ3v) is 11.9. The lowest BCUT2D eigenvalue weighted by molar-refractivity contribution is -0.0279. The molecule has 0 heterocycles. The highest BCUT2D eigenvalue weighted by atomic mass is 28.3. The molecule has 0 amide bonds. The number of benzene rings is 3.